The Balaban J connectivity index is 3.14. The topological polar surface area (TPSA) is 26.3 Å². The lowest BCUT2D eigenvalue weighted by Crippen LogP contribution is -2.39. The molecule has 0 bridgehead atoms. The molecular weight excluding hydrogens is 236 g/mol. The summed E-state index contributed by atoms with van der Waals surface area (Å²) in [6, 6.07) is 5.39. The van der Waals surface area contributed by atoms with Gasteiger partial charge in [0.1, 0.15) is 5.60 Å². The minimum Gasteiger partial charge on any atom is -0.370 e. The summed E-state index contributed by atoms with van der Waals surface area (Å²) in [4.78, 5) is 12.4. The van der Waals surface area contributed by atoms with Gasteiger partial charge in [0.25, 0.3) is 0 Å². The molecule has 0 radical (unpaired) electrons. The van der Waals surface area contributed by atoms with Gasteiger partial charge in [0.2, 0.25) is 0 Å². The molecule has 1 aromatic rings. The third kappa shape index (κ3) is 2.70. The Morgan fingerprint density at radius 3 is 2.35 bits per heavy atom. The van der Waals surface area contributed by atoms with Gasteiger partial charge < -0.3 is 4.74 Å². The molecule has 3 heteroatoms. The highest BCUT2D eigenvalue weighted by Crippen LogP contribution is 2.27. The van der Waals surface area contributed by atoms with Crippen molar-refractivity contribution in [2.75, 3.05) is 7.11 Å². The molecule has 0 aromatic heterocycles. The monoisotopic (exact) mass is 254 g/mol. The molecule has 0 fully saturated rings. The molecule has 0 atom stereocenters. The number of Topliss-reactive ketones (excluding diaryl/α,β-unsaturated/α-hetero) is 1. The third-order valence-corrected chi connectivity index (χ3v) is 3.79. The second-order valence-corrected chi connectivity index (χ2v) is 4.61. The highest BCUT2D eigenvalue weighted by Gasteiger charge is 2.35. The van der Waals surface area contributed by atoms with Crippen LogP contribution < -0.4 is 0 Å². The van der Waals surface area contributed by atoms with Crippen molar-refractivity contribution in [2.24, 2.45) is 0 Å². The molecule has 0 heterocycles. The normalized spacial score (nSPS) is 11.6. The summed E-state index contributed by atoms with van der Waals surface area (Å²) in [7, 11) is 1.58. The highest BCUT2D eigenvalue weighted by atomic mass is 35.5. The van der Waals surface area contributed by atoms with Crippen LogP contribution in [0.15, 0.2) is 18.2 Å². The van der Waals surface area contributed by atoms with E-state index < -0.39 is 5.60 Å². The maximum absolute atomic E-state index is 12.4. The number of aryl methyl sites for hydroxylation is 1. The van der Waals surface area contributed by atoms with E-state index in [0.717, 1.165) is 5.56 Å². The van der Waals surface area contributed by atoms with Crippen molar-refractivity contribution in [1.29, 1.82) is 0 Å². The molecular formula is C14H19ClO2. The Kier molecular flexibility index (Phi) is 4.72. The van der Waals surface area contributed by atoms with Crippen LogP contribution in [-0.2, 0) is 4.74 Å². The van der Waals surface area contributed by atoms with E-state index in [1.165, 1.54) is 0 Å². The van der Waals surface area contributed by atoms with Crippen molar-refractivity contribution >= 4 is 17.4 Å². The Morgan fingerprint density at radius 2 is 1.94 bits per heavy atom. The Bertz CT molecular complexity index is 400. The van der Waals surface area contributed by atoms with Gasteiger partial charge in [-0.1, -0.05) is 37.6 Å². The number of hydrogen-bond acceptors (Lipinski definition) is 2. The first-order valence-electron chi connectivity index (χ1n) is 5.86. The molecule has 0 amide bonds. The molecule has 0 saturated carbocycles. The van der Waals surface area contributed by atoms with Crippen molar-refractivity contribution in [3.05, 3.63) is 34.3 Å². The van der Waals surface area contributed by atoms with Crippen LogP contribution in [0.3, 0.4) is 0 Å². The Hall–Kier alpha value is -0.860. The molecule has 0 aliphatic rings. The van der Waals surface area contributed by atoms with E-state index in [1.54, 1.807) is 13.2 Å². The van der Waals surface area contributed by atoms with E-state index in [0.29, 0.717) is 23.4 Å². The summed E-state index contributed by atoms with van der Waals surface area (Å²) in [6.07, 6.45) is 1.31. The van der Waals surface area contributed by atoms with E-state index >= 15 is 0 Å². The maximum atomic E-state index is 12.4. The lowest BCUT2D eigenvalue weighted by atomic mass is 9.87. The van der Waals surface area contributed by atoms with Crippen LogP contribution in [0, 0.1) is 6.92 Å². The Labute approximate surface area is 108 Å². The number of ketones is 1. The standard InChI is InChI=1S/C14H19ClO2/c1-5-14(6-2,17-4)13(16)11-8-7-10(3)12(15)9-11/h7-9H,5-6H2,1-4H3. The number of hydrogen-bond donors (Lipinski definition) is 0. The van der Waals surface area contributed by atoms with Crippen LogP contribution >= 0.6 is 11.6 Å². The van der Waals surface area contributed by atoms with Crippen molar-refractivity contribution < 1.29 is 9.53 Å². The molecule has 17 heavy (non-hydrogen) atoms. The molecule has 1 aromatic carbocycles. The first kappa shape index (κ1) is 14.2. The van der Waals surface area contributed by atoms with Gasteiger partial charge in [-0.25, -0.2) is 0 Å². The molecule has 0 aliphatic heterocycles. The van der Waals surface area contributed by atoms with E-state index in [2.05, 4.69) is 0 Å². The summed E-state index contributed by atoms with van der Waals surface area (Å²) >= 11 is 6.04. The highest BCUT2D eigenvalue weighted by molar-refractivity contribution is 6.31. The van der Waals surface area contributed by atoms with E-state index in [4.69, 9.17) is 16.3 Å². The van der Waals surface area contributed by atoms with Gasteiger partial charge in [0, 0.05) is 17.7 Å². The lowest BCUT2D eigenvalue weighted by Gasteiger charge is -2.28. The van der Waals surface area contributed by atoms with Crippen molar-refractivity contribution in [1.82, 2.24) is 0 Å². The van der Waals surface area contributed by atoms with Gasteiger partial charge in [-0.15, -0.1) is 0 Å². The van der Waals surface area contributed by atoms with E-state index in [9.17, 15) is 4.79 Å². The van der Waals surface area contributed by atoms with Crippen molar-refractivity contribution in [3.63, 3.8) is 0 Å². The van der Waals surface area contributed by atoms with Crippen molar-refractivity contribution in [3.8, 4) is 0 Å². The first-order valence-corrected chi connectivity index (χ1v) is 6.24. The summed E-state index contributed by atoms with van der Waals surface area (Å²) < 4.78 is 5.43. The first-order chi connectivity index (χ1) is 8.00. The second-order valence-electron chi connectivity index (χ2n) is 4.20. The molecule has 0 aliphatic carbocycles. The second kappa shape index (κ2) is 5.65. The van der Waals surface area contributed by atoms with Crippen LogP contribution in [0.5, 0.6) is 0 Å². The lowest BCUT2D eigenvalue weighted by molar-refractivity contribution is -0.00261. The molecule has 0 unspecified atom stereocenters. The van der Waals surface area contributed by atoms with Crippen LogP contribution in [-0.4, -0.2) is 18.5 Å². The minimum absolute atomic E-state index is 0.00639. The van der Waals surface area contributed by atoms with Gasteiger partial charge in [-0.3, -0.25) is 4.79 Å². The molecule has 0 spiro atoms. The predicted octanol–water partition coefficient (Wildman–Crippen LogP) is 4.04. The Morgan fingerprint density at radius 1 is 1.35 bits per heavy atom. The SMILES string of the molecule is CCC(CC)(OC)C(=O)c1ccc(C)c(Cl)c1. The zero-order valence-electron chi connectivity index (χ0n) is 10.8. The molecule has 94 valence electrons. The van der Waals surface area contributed by atoms with Gasteiger partial charge in [-0.2, -0.15) is 0 Å². The fourth-order valence-electron chi connectivity index (χ4n) is 1.95. The van der Waals surface area contributed by atoms with Gasteiger partial charge in [-0.05, 0) is 31.4 Å². The van der Waals surface area contributed by atoms with E-state index in [1.807, 2.05) is 32.9 Å². The average Bonchev–Trinajstić information content (AvgIpc) is 2.35. The minimum atomic E-state index is -0.724. The quantitative estimate of drug-likeness (QED) is 0.742. The van der Waals surface area contributed by atoms with Crippen LogP contribution in [0.2, 0.25) is 5.02 Å². The van der Waals surface area contributed by atoms with Crippen LogP contribution in [0.1, 0.15) is 42.6 Å². The average molecular weight is 255 g/mol. The van der Waals surface area contributed by atoms with Gasteiger partial charge in [0.05, 0.1) is 0 Å². The summed E-state index contributed by atoms with van der Waals surface area (Å²) in [6.45, 7) is 5.83. The number of benzene rings is 1. The predicted molar refractivity (Wildman–Crippen MR) is 70.8 cm³/mol. The fraction of sp³-hybridized carbons (Fsp3) is 0.500. The molecule has 1 rings (SSSR count). The molecule has 0 N–H and O–H groups in total. The number of rotatable bonds is 5. The summed E-state index contributed by atoms with van der Waals surface area (Å²) in [5.74, 6) is 0.00639. The van der Waals surface area contributed by atoms with Gasteiger partial charge in [0.15, 0.2) is 5.78 Å². The van der Waals surface area contributed by atoms with Crippen LogP contribution in [0.4, 0.5) is 0 Å². The zero-order chi connectivity index (χ0) is 13.1. The summed E-state index contributed by atoms with van der Waals surface area (Å²) in [5, 5.41) is 0.619. The summed E-state index contributed by atoms with van der Waals surface area (Å²) in [5.41, 5.74) is 0.865. The fourth-order valence-corrected chi connectivity index (χ4v) is 2.13. The number of carbonyl (C=O) groups is 1. The van der Waals surface area contributed by atoms with E-state index in [-0.39, 0.29) is 5.78 Å². The number of halogens is 1. The molecule has 0 saturated heterocycles. The molecule has 2 nitrogen and oxygen atoms in total. The number of carbonyl (C=O) groups excluding carboxylic acids is 1. The van der Waals surface area contributed by atoms with Crippen molar-refractivity contribution in [2.45, 2.75) is 39.2 Å². The number of ether oxygens (including phenoxy) is 1. The largest absolute Gasteiger partial charge is 0.370 e. The zero-order valence-corrected chi connectivity index (χ0v) is 11.6. The maximum Gasteiger partial charge on any atom is 0.194 e. The van der Waals surface area contributed by atoms with Crippen LogP contribution in [0.25, 0.3) is 0 Å². The number of methoxy groups -OCH3 is 1. The third-order valence-electron chi connectivity index (χ3n) is 3.38. The smallest absolute Gasteiger partial charge is 0.194 e. The van der Waals surface area contributed by atoms with Gasteiger partial charge >= 0.3 is 0 Å².